The van der Waals surface area contributed by atoms with E-state index in [1.54, 1.807) is 0 Å². The first-order chi connectivity index (χ1) is 12.2. The van der Waals surface area contributed by atoms with Crippen LogP contribution < -0.4 is 10.6 Å². The molecule has 1 aliphatic rings. The first-order valence-corrected chi connectivity index (χ1v) is 9.82. The van der Waals surface area contributed by atoms with Crippen LogP contribution in [0.4, 0.5) is 0 Å². The molecule has 1 atom stereocenters. The van der Waals surface area contributed by atoms with Crippen LogP contribution in [0.2, 0.25) is 0 Å². The van der Waals surface area contributed by atoms with Gasteiger partial charge in [0.2, 0.25) is 11.8 Å². The van der Waals surface area contributed by atoms with Crippen molar-refractivity contribution in [1.29, 1.82) is 0 Å². The fraction of sp³-hybridized carbons (Fsp3) is 0.619. The molecule has 25 heavy (non-hydrogen) atoms. The minimum Gasteiger partial charge on any atom is -0.352 e. The van der Waals surface area contributed by atoms with E-state index in [4.69, 9.17) is 0 Å². The zero-order chi connectivity index (χ0) is 17.9. The third-order valence-corrected chi connectivity index (χ3v) is 4.62. The second kappa shape index (κ2) is 10.9. The van der Waals surface area contributed by atoms with Gasteiger partial charge in [0.15, 0.2) is 0 Å². The molecule has 1 aliphatic carbocycles. The molecule has 0 heterocycles. The normalized spacial score (nSPS) is 14.8. The minimum absolute atomic E-state index is 0.0117. The lowest BCUT2D eigenvalue weighted by Crippen LogP contribution is -2.48. The molecule has 2 rings (SSSR count). The van der Waals surface area contributed by atoms with Crippen LogP contribution >= 0.6 is 0 Å². The van der Waals surface area contributed by atoms with Gasteiger partial charge in [-0.25, -0.2) is 0 Å². The molecule has 138 valence electrons. The Bertz CT molecular complexity index is 526. The summed E-state index contributed by atoms with van der Waals surface area (Å²) in [4.78, 5) is 24.7. The number of unbranched alkanes of at least 4 members (excludes halogenated alkanes) is 5. The molecule has 1 saturated carbocycles. The van der Waals surface area contributed by atoms with E-state index in [2.05, 4.69) is 17.6 Å². The lowest BCUT2D eigenvalue weighted by atomic mass is 10.0. The number of hydrogen-bond donors (Lipinski definition) is 2. The monoisotopic (exact) mass is 344 g/mol. The third kappa shape index (κ3) is 8.19. The maximum absolute atomic E-state index is 12.5. The van der Waals surface area contributed by atoms with Crippen molar-refractivity contribution < 1.29 is 9.59 Å². The lowest BCUT2D eigenvalue weighted by molar-refractivity contribution is -0.129. The summed E-state index contributed by atoms with van der Waals surface area (Å²) in [5.74, 6) is -0.0648. The van der Waals surface area contributed by atoms with Crippen LogP contribution in [0.15, 0.2) is 30.3 Å². The van der Waals surface area contributed by atoms with Crippen LogP contribution in [0.25, 0.3) is 0 Å². The van der Waals surface area contributed by atoms with E-state index >= 15 is 0 Å². The van der Waals surface area contributed by atoms with Gasteiger partial charge in [0.05, 0.1) is 0 Å². The second-order valence-corrected chi connectivity index (χ2v) is 7.11. The van der Waals surface area contributed by atoms with Crippen molar-refractivity contribution in [2.75, 3.05) is 0 Å². The number of hydrogen-bond acceptors (Lipinski definition) is 2. The van der Waals surface area contributed by atoms with Crippen molar-refractivity contribution in [2.45, 2.75) is 83.2 Å². The van der Waals surface area contributed by atoms with Crippen LogP contribution in [-0.4, -0.2) is 23.9 Å². The minimum atomic E-state index is -0.476. The number of rotatable bonds is 12. The van der Waals surface area contributed by atoms with E-state index < -0.39 is 6.04 Å². The number of nitrogens with one attached hydrogen (secondary N) is 2. The maximum Gasteiger partial charge on any atom is 0.243 e. The predicted octanol–water partition coefficient (Wildman–Crippen LogP) is 3.74. The average molecular weight is 344 g/mol. The Morgan fingerprint density at radius 2 is 1.72 bits per heavy atom. The molecule has 0 radical (unpaired) electrons. The Kier molecular flexibility index (Phi) is 8.50. The predicted molar refractivity (Wildman–Crippen MR) is 101 cm³/mol. The van der Waals surface area contributed by atoms with Gasteiger partial charge in [-0.15, -0.1) is 0 Å². The van der Waals surface area contributed by atoms with Gasteiger partial charge >= 0.3 is 0 Å². The van der Waals surface area contributed by atoms with E-state index in [1.165, 1.54) is 25.7 Å². The summed E-state index contributed by atoms with van der Waals surface area (Å²) >= 11 is 0. The lowest BCUT2D eigenvalue weighted by Gasteiger charge is -2.18. The zero-order valence-electron chi connectivity index (χ0n) is 15.4. The van der Waals surface area contributed by atoms with Gasteiger partial charge in [-0.05, 0) is 24.8 Å². The zero-order valence-corrected chi connectivity index (χ0v) is 15.4. The van der Waals surface area contributed by atoms with E-state index in [9.17, 15) is 9.59 Å². The van der Waals surface area contributed by atoms with Gasteiger partial charge in [0.1, 0.15) is 6.04 Å². The van der Waals surface area contributed by atoms with Gasteiger partial charge in [0.25, 0.3) is 0 Å². The van der Waals surface area contributed by atoms with E-state index in [0.717, 1.165) is 31.2 Å². The van der Waals surface area contributed by atoms with Gasteiger partial charge in [-0.2, -0.15) is 0 Å². The van der Waals surface area contributed by atoms with Crippen molar-refractivity contribution >= 4 is 11.8 Å². The highest BCUT2D eigenvalue weighted by molar-refractivity contribution is 5.88. The van der Waals surface area contributed by atoms with Crippen molar-refractivity contribution in [3.63, 3.8) is 0 Å². The Hall–Kier alpha value is -1.84. The molecule has 1 unspecified atom stereocenters. The Morgan fingerprint density at radius 3 is 2.40 bits per heavy atom. The van der Waals surface area contributed by atoms with Gasteiger partial charge in [0, 0.05) is 18.9 Å². The van der Waals surface area contributed by atoms with Gasteiger partial charge in [-0.1, -0.05) is 69.4 Å². The molecule has 1 aromatic rings. The highest BCUT2D eigenvalue weighted by Gasteiger charge is 2.28. The summed E-state index contributed by atoms with van der Waals surface area (Å²) in [7, 11) is 0. The molecule has 1 fully saturated rings. The molecule has 4 heteroatoms. The van der Waals surface area contributed by atoms with Crippen LogP contribution in [0, 0.1) is 0 Å². The van der Waals surface area contributed by atoms with Crippen LogP contribution in [0.1, 0.15) is 70.3 Å². The fourth-order valence-corrected chi connectivity index (χ4v) is 2.92. The second-order valence-electron chi connectivity index (χ2n) is 7.11. The molecular formula is C21H32N2O2. The Labute approximate surface area is 151 Å². The van der Waals surface area contributed by atoms with Crippen molar-refractivity contribution in [1.82, 2.24) is 10.6 Å². The van der Waals surface area contributed by atoms with Gasteiger partial charge in [-0.3, -0.25) is 9.59 Å². The standard InChI is InChI=1S/C21H32N2O2/c1-2-3-4-5-6-10-13-20(24)23-19(21(25)22-18-14-15-18)16-17-11-8-7-9-12-17/h7-9,11-12,18-19H,2-6,10,13-16H2,1H3,(H,22,25)(H,23,24). The number of carbonyl (C=O) groups is 2. The molecule has 0 bridgehead atoms. The smallest absolute Gasteiger partial charge is 0.243 e. The molecule has 0 aliphatic heterocycles. The molecule has 1 aromatic carbocycles. The summed E-state index contributed by atoms with van der Waals surface area (Å²) in [5.41, 5.74) is 1.07. The quantitative estimate of drug-likeness (QED) is 0.568. The summed E-state index contributed by atoms with van der Waals surface area (Å²) in [6.07, 6.45) is 10.1. The van der Waals surface area contributed by atoms with Crippen molar-refractivity contribution in [3.05, 3.63) is 35.9 Å². The average Bonchev–Trinajstić information content (AvgIpc) is 3.42. The summed E-state index contributed by atoms with van der Waals surface area (Å²) in [5, 5.41) is 5.97. The molecule has 0 spiro atoms. The molecule has 2 N–H and O–H groups in total. The molecule has 0 saturated heterocycles. The first-order valence-electron chi connectivity index (χ1n) is 9.82. The van der Waals surface area contributed by atoms with Crippen molar-refractivity contribution in [2.24, 2.45) is 0 Å². The van der Waals surface area contributed by atoms with E-state index in [-0.39, 0.29) is 11.8 Å². The highest BCUT2D eigenvalue weighted by Crippen LogP contribution is 2.19. The fourth-order valence-electron chi connectivity index (χ4n) is 2.92. The summed E-state index contributed by atoms with van der Waals surface area (Å²) < 4.78 is 0. The number of amides is 2. The molecule has 4 nitrogen and oxygen atoms in total. The van der Waals surface area contributed by atoms with Crippen LogP contribution in [0.5, 0.6) is 0 Å². The van der Waals surface area contributed by atoms with Crippen LogP contribution in [0.3, 0.4) is 0 Å². The molecule has 0 aromatic heterocycles. The SMILES string of the molecule is CCCCCCCCC(=O)NC(Cc1ccccc1)C(=O)NC1CC1. The third-order valence-electron chi connectivity index (χ3n) is 4.62. The van der Waals surface area contributed by atoms with Crippen molar-refractivity contribution in [3.8, 4) is 0 Å². The molecule has 2 amide bonds. The highest BCUT2D eigenvalue weighted by atomic mass is 16.2. The first kappa shape index (κ1) is 19.5. The van der Waals surface area contributed by atoms with E-state index in [1.807, 2.05) is 30.3 Å². The number of carbonyl (C=O) groups excluding carboxylic acids is 2. The number of benzene rings is 1. The largest absolute Gasteiger partial charge is 0.352 e. The Morgan fingerprint density at radius 1 is 1.04 bits per heavy atom. The van der Waals surface area contributed by atoms with Gasteiger partial charge < -0.3 is 10.6 Å². The van der Waals surface area contributed by atoms with Crippen LogP contribution in [-0.2, 0) is 16.0 Å². The Balaban J connectivity index is 1.78. The molecular weight excluding hydrogens is 312 g/mol. The summed E-state index contributed by atoms with van der Waals surface area (Å²) in [6, 6.07) is 9.71. The summed E-state index contributed by atoms with van der Waals surface area (Å²) in [6.45, 7) is 2.20. The van der Waals surface area contributed by atoms with E-state index in [0.29, 0.717) is 18.9 Å². The maximum atomic E-state index is 12.5. The topological polar surface area (TPSA) is 58.2 Å².